The van der Waals surface area contributed by atoms with E-state index in [0.717, 1.165) is 0 Å². The molecular formula is C12H18F3NO4. The zero-order chi connectivity index (χ0) is 15.7. The fourth-order valence-corrected chi connectivity index (χ4v) is 2.17. The Kier molecular flexibility index (Phi) is 4.55. The summed E-state index contributed by atoms with van der Waals surface area (Å²) in [6, 6.07) is -1.93. The number of carbonyl (C=O) groups is 2. The summed E-state index contributed by atoms with van der Waals surface area (Å²) in [4.78, 5) is 23.7. The quantitative estimate of drug-likeness (QED) is 0.808. The Labute approximate surface area is 114 Å². The van der Waals surface area contributed by atoms with E-state index >= 15 is 0 Å². The minimum atomic E-state index is -4.66. The summed E-state index contributed by atoms with van der Waals surface area (Å²) in [5, 5.41) is 9.04. The predicted molar refractivity (Wildman–Crippen MR) is 63.1 cm³/mol. The number of piperidine rings is 1. The van der Waals surface area contributed by atoms with Crippen LogP contribution in [0.2, 0.25) is 0 Å². The van der Waals surface area contributed by atoms with Gasteiger partial charge in [-0.3, -0.25) is 4.90 Å². The van der Waals surface area contributed by atoms with Gasteiger partial charge in [-0.15, -0.1) is 0 Å². The number of amides is 1. The van der Waals surface area contributed by atoms with E-state index in [-0.39, 0.29) is 19.4 Å². The zero-order valence-corrected chi connectivity index (χ0v) is 11.5. The van der Waals surface area contributed by atoms with E-state index in [1.807, 2.05) is 0 Å². The maximum absolute atomic E-state index is 12.9. The third-order valence-corrected chi connectivity index (χ3v) is 2.93. The van der Waals surface area contributed by atoms with Gasteiger partial charge in [0.1, 0.15) is 11.6 Å². The van der Waals surface area contributed by atoms with Crippen LogP contribution in [0.3, 0.4) is 0 Å². The summed E-state index contributed by atoms with van der Waals surface area (Å²) in [5.41, 5.74) is -0.898. The molecule has 0 radical (unpaired) electrons. The van der Waals surface area contributed by atoms with Crippen LogP contribution in [0.4, 0.5) is 18.0 Å². The van der Waals surface area contributed by atoms with Gasteiger partial charge in [-0.25, -0.2) is 9.59 Å². The molecule has 1 saturated heterocycles. The van der Waals surface area contributed by atoms with E-state index in [0.29, 0.717) is 4.90 Å². The lowest BCUT2D eigenvalue weighted by atomic mass is 9.89. The van der Waals surface area contributed by atoms with Crippen molar-refractivity contribution in [1.29, 1.82) is 0 Å². The maximum atomic E-state index is 12.9. The molecule has 1 aliphatic heterocycles. The SMILES string of the molecule is CC(C)(C)OC(=O)N1CCC[C@@H](C(F)(F)F)[C@@H]1C(=O)O. The lowest BCUT2D eigenvalue weighted by Crippen LogP contribution is -2.57. The molecule has 0 saturated carbocycles. The first-order chi connectivity index (χ1) is 8.93. The summed E-state index contributed by atoms with van der Waals surface area (Å²) in [7, 11) is 0. The molecule has 8 heteroatoms. The van der Waals surface area contributed by atoms with Gasteiger partial charge in [0.25, 0.3) is 0 Å². The number of aliphatic carboxylic acids is 1. The monoisotopic (exact) mass is 297 g/mol. The van der Waals surface area contributed by atoms with E-state index in [9.17, 15) is 22.8 Å². The van der Waals surface area contributed by atoms with Crippen molar-refractivity contribution >= 4 is 12.1 Å². The smallest absolute Gasteiger partial charge is 0.411 e. The fraction of sp³-hybridized carbons (Fsp3) is 0.833. The third-order valence-electron chi connectivity index (χ3n) is 2.93. The molecule has 0 aromatic rings. The van der Waals surface area contributed by atoms with Gasteiger partial charge < -0.3 is 9.84 Å². The first-order valence-corrected chi connectivity index (χ1v) is 6.22. The number of halogens is 3. The van der Waals surface area contributed by atoms with Crippen molar-refractivity contribution in [3.05, 3.63) is 0 Å². The average Bonchev–Trinajstić information content (AvgIpc) is 2.24. The van der Waals surface area contributed by atoms with E-state index in [1.165, 1.54) is 0 Å². The molecule has 1 amide bonds. The van der Waals surface area contributed by atoms with E-state index in [2.05, 4.69) is 0 Å². The molecule has 0 aliphatic carbocycles. The molecule has 0 unspecified atom stereocenters. The zero-order valence-electron chi connectivity index (χ0n) is 11.5. The third kappa shape index (κ3) is 4.01. The first-order valence-electron chi connectivity index (χ1n) is 6.22. The van der Waals surface area contributed by atoms with Crippen molar-refractivity contribution in [3.63, 3.8) is 0 Å². The summed E-state index contributed by atoms with van der Waals surface area (Å²) >= 11 is 0. The number of ether oxygens (including phenoxy) is 1. The van der Waals surface area contributed by atoms with Crippen LogP contribution < -0.4 is 0 Å². The molecule has 0 bridgehead atoms. The summed E-state index contributed by atoms with van der Waals surface area (Å²) < 4.78 is 43.6. The summed E-state index contributed by atoms with van der Waals surface area (Å²) in [6.45, 7) is 4.63. The van der Waals surface area contributed by atoms with Gasteiger partial charge in [-0.05, 0) is 33.6 Å². The van der Waals surface area contributed by atoms with Crippen LogP contribution in [0, 0.1) is 5.92 Å². The van der Waals surface area contributed by atoms with Gasteiger partial charge in [-0.2, -0.15) is 13.2 Å². The van der Waals surface area contributed by atoms with Crippen LogP contribution in [0.15, 0.2) is 0 Å². The lowest BCUT2D eigenvalue weighted by Gasteiger charge is -2.39. The number of alkyl halides is 3. The minimum Gasteiger partial charge on any atom is -0.480 e. The molecule has 1 N–H and O–H groups in total. The highest BCUT2D eigenvalue weighted by Crippen LogP contribution is 2.38. The standard InChI is InChI=1S/C12H18F3NO4/c1-11(2,3)20-10(19)16-6-4-5-7(12(13,14)15)8(16)9(17)18/h7-8H,4-6H2,1-3H3,(H,17,18)/t7-,8-/m1/s1. The number of carboxylic acid groups (broad SMARTS) is 1. The van der Waals surface area contributed by atoms with Gasteiger partial charge in [0, 0.05) is 6.54 Å². The lowest BCUT2D eigenvalue weighted by molar-refractivity contribution is -0.205. The molecule has 1 aliphatic rings. The Morgan fingerprint density at radius 3 is 2.20 bits per heavy atom. The summed E-state index contributed by atoms with van der Waals surface area (Å²) in [5.74, 6) is -3.74. The van der Waals surface area contributed by atoms with Crippen molar-refractivity contribution < 1.29 is 32.6 Å². The molecule has 116 valence electrons. The van der Waals surface area contributed by atoms with Crippen molar-refractivity contribution in [2.45, 2.75) is 51.4 Å². The average molecular weight is 297 g/mol. The molecular weight excluding hydrogens is 279 g/mol. The second-order valence-electron chi connectivity index (χ2n) is 5.75. The molecule has 20 heavy (non-hydrogen) atoms. The Hall–Kier alpha value is -1.47. The number of carbonyl (C=O) groups excluding carboxylic acids is 1. The van der Waals surface area contributed by atoms with Gasteiger partial charge in [0.15, 0.2) is 0 Å². The van der Waals surface area contributed by atoms with Crippen LogP contribution in [0.1, 0.15) is 33.6 Å². The van der Waals surface area contributed by atoms with Crippen molar-refractivity contribution in [3.8, 4) is 0 Å². The second kappa shape index (κ2) is 5.49. The Morgan fingerprint density at radius 1 is 1.25 bits per heavy atom. The Morgan fingerprint density at radius 2 is 1.80 bits per heavy atom. The minimum absolute atomic E-state index is 0.0571. The normalized spacial score (nSPS) is 24.4. The fourth-order valence-electron chi connectivity index (χ4n) is 2.17. The first kappa shape index (κ1) is 16.6. The molecule has 2 atom stereocenters. The van der Waals surface area contributed by atoms with Crippen LogP contribution >= 0.6 is 0 Å². The molecule has 1 heterocycles. The van der Waals surface area contributed by atoms with Gasteiger partial charge >= 0.3 is 18.2 Å². The van der Waals surface area contributed by atoms with Crippen molar-refractivity contribution in [2.75, 3.05) is 6.54 Å². The van der Waals surface area contributed by atoms with Crippen LogP contribution in [0.5, 0.6) is 0 Å². The van der Waals surface area contributed by atoms with Crippen molar-refractivity contribution in [2.24, 2.45) is 5.92 Å². The molecule has 1 rings (SSSR count). The maximum Gasteiger partial charge on any atom is 0.411 e. The van der Waals surface area contributed by atoms with Gasteiger partial charge in [0.2, 0.25) is 0 Å². The highest BCUT2D eigenvalue weighted by molar-refractivity contribution is 5.81. The largest absolute Gasteiger partial charge is 0.480 e. The number of rotatable bonds is 1. The van der Waals surface area contributed by atoms with Crippen LogP contribution in [-0.2, 0) is 9.53 Å². The van der Waals surface area contributed by atoms with Crippen LogP contribution in [0.25, 0.3) is 0 Å². The second-order valence-corrected chi connectivity index (χ2v) is 5.75. The van der Waals surface area contributed by atoms with Gasteiger partial charge in [0.05, 0.1) is 5.92 Å². The number of nitrogens with zero attached hydrogens (tertiary/aromatic N) is 1. The highest BCUT2D eigenvalue weighted by Gasteiger charge is 2.53. The number of hydrogen-bond acceptors (Lipinski definition) is 3. The number of carboxylic acids is 1. The number of hydrogen-bond donors (Lipinski definition) is 1. The topological polar surface area (TPSA) is 66.8 Å². The number of likely N-dealkylation sites (tertiary alicyclic amines) is 1. The predicted octanol–water partition coefficient (Wildman–Crippen LogP) is 2.65. The molecule has 0 aromatic heterocycles. The Bertz CT molecular complexity index is 389. The highest BCUT2D eigenvalue weighted by atomic mass is 19.4. The van der Waals surface area contributed by atoms with E-state index < -0.39 is 35.8 Å². The molecule has 0 spiro atoms. The van der Waals surface area contributed by atoms with Crippen molar-refractivity contribution in [1.82, 2.24) is 4.90 Å². The van der Waals surface area contributed by atoms with E-state index in [1.54, 1.807) is 20.8 Å². The van der Waals surface area contributed by atoms with Gasteiger partial charge in [-0.1, -0.05) is 0 Å². The molecule has 5 nitrogen and oxygen atoms in total. The van der Waals surface area contributed by atoms with E-state index in [4.69, 9.17) is 9.84 Å². The Balaban J connectivity index is 2.99. The van der Waals surface area contributed by atoms with Crippen LogP contribution in [-0.4, -0.2) is 46.4 Å². The molecule has 0 aromatic carbocycles. The summed E-state index contributed by atoms with van der Waals surface area (Å²) in [6.07, 6.45) is -5.91. The molecule has 1 fully saturated rings.